The van der Waals surface area contributed by atoms with Crippen molar-refractivity contribution in [1.82, 2.24) is 0 Å². The standard InChI is InChI=1S/C19H23BrO2S/c1-2-3-4-5-6-15-23(21,22)19-13-9-17(10-14-19)16-7-11-18(20)12-8-16/h7-14H,2-6,15H2,1H3. The van der Waals surface area contributed by atoms with Crippen LogP contribution in [-0.2, 0) is 9.84 Å². The number of unbranched alkanes of at least 4 members (excludes halogenated alkanes) is 4. The lowest BCUT2D eigenvalue weighted by atomic mass is 10.1. The lowest BCUT2D eigenvalue weighted by molar-refractivity contribution is 0.587. The number of hydrogen-bond acceptors (Lipinski definition) is 2. The maximum Gasteiger partial charge on any atom is 0.178 e. The van der Waals surface area contributed by atoms with Gasteiger partial charge in [-0.05, 0) is 41.8 Å². The maximum absolute atomic E-state index is 12.4. The predicted octanol–water partition coefficient (Wildman–Crippen LogP) is 5.86. The van der Waals surface area contributed by atoms with E-state index in [0.29, 0.717) is 4.90 Å². The number of rotatable bonds is 8. The smallest absolute Gasteiger partial charge is 0.178 e. The van der Waals surface area contributed by atoms with Crippen LogP contribution in [0.2, 0.25) is 0 Å². The number of benzene rings is 2. The van der Waals surface area contributed by atoms with Gasteiger partial charge in [-0.1, -0.05) is 72.8 Å². The van der Waals surface area contributed by atoms with Crippen LogP contribution in [0.25, 0.3) is 11.1 Å². The molecule has 0 aliphatic carbocycles. The van der Waals surface area contributed by atoms with Gasteiger partial charge in [0.15, 0.2) is 9.84 Å². The van der Waals surface area contributed by atoms with Crippen molar-refractivity contribution in [2.45, 2.75) is 43.9 Å². The summed E-state index contributed by atoms with van der Waals surface area (Å²) in [5.74, 6) is 0.244. The first-order valence-corrected chi connectivity index (χ1v) is 10.6. The van der Waals surface area contributed by atoms with E-state index >= 15 is 0 Å². The first kappa shape index (κ1) is 18.2. The van der Waals surface area contributed by atoms with Gasteiger partial charge in [0.25, 0.3) is 0 Å². The van der Waals surface area contributed by atoms with E-state index in [0.717, 1.165) is 34.9 Å². The van der Waals surface area contributed by atoms with Crippen molar-refractivity contribution >= 4 is 25.8 Å². The van der Waals surface area contributed by atoms with Gasteiger partial charge in [-0.15, -0.1) is 0 Å². The molecule has 0 unspecified atom stereocenters. The van der Waals surface area contributed by atoms with Gasteiger partial charge in [-0.25, -0.2) is 8.42 Å². The second kappa shape index (κ2) is 8.65. The van der Waals surface area contributed by atoms with Crippen molar-refractivity contribution in [2.24, 2.45) is 0 Å². The summed E-state index contributed by atoms with van der Waals surface area (Å²) in [5.41, 5.74) is 2.11. The van der Waals surface area contributed by atoms with E-state index in [4.69, 9.17) is 0 Å². The summed E-state index contributed by atoms with van der Waals surface area (Å²) >= 11 is 3.42. The normalized spacial score (nSPS) is 11.6. The fourth-order valence-electron chi connectivity index (χ4n) is 2.51. The third-order valence-electron chi connectivity index (χ3n) is 3.91. The Balaban J connectivity index is 2.02. The van der Waals surface area contributed by atoms with Crippen LogP contribution < -0.4 is 0 Å². The molecule has 2 aromatic rings. The van der Waals surface area contributed by atoms with Gasteiger partial charge in [-0.3, -0.25) is 0 Å². The van der Waals surface area contributed by atoms with Crippen molar-refractivity contribution in [3.8, 4) is 11.1 Å². The molecule has 0 saturated carbocycles. The van der Waals surface area contributed by atoms with E-state index in [1.54, 1.807) is 12.1 Å². The van der Waals surface area contributed by atoms with Crippen LogP contribution in [0.15, 0.2) is 57.9 Å². The minimum absolute atomic E-state index is 0.244. The molecule has 0 heterocycles. The van der Waals surface area contributed by atoms with E-state index in [1.807, 2.05) is 36.4 Å². The Morgan fingerprint density at radius 1 is 0.783 bits per heavy atom. The second-order valence-corrected chi connectivity index (χ2v) is 8.79. The molecule has 23 heavy (non-hydrogen) atoms. The van der Waals surface area contributed by atoms with Crippen LogP contribution in [0.3, 0.4) is 0 Å². The Morgan fingerprint density at radius 2 is 1.30 bits per heavy atom. The molecule has 0 saturated heterocycles. The lowest BCUT2D eigenvalue weighted by Gasteiger charge is -2.07. The van der Waals surface area contributed by atoms with Gasteiger partial charge in [0.05, 0.1) is 10.6 Å². The molecule has 2 rings (SSSR count). The average molecular weight is 395 g/mol. The van der Waals surface area contributed by atoms with E-state index in [1.165, 1.54) is 12.8 Å². The molecule has 0 aliphatic heterocycles. The molecule has 0 aliphatic rings. The van der Waals surface area contributed by atoms with Gasteiger partial charge in [0.1, 0.15) is 0 Å². The fraction of sp³-hybridized carbons (Fsp3) is 0.368. The highest BCUT2D eigenvalue weighted by atomic mass is 79.9. The monoisotopic (exact) mass is 394 g/mol. The molecule has 0 radical (unpaired) electrons. The summed E-state index contributed by atoms with van der Waals surface area (Å²) in [6.45, 7) is 2.16. The molecule has 0 N–H and O–H groups in total. The molecular formula is C19H23BrO2S. The zero-order chi connectivity index (χ0) is 16.7. The zero-order valence-electron chi connectivity index (χ0n) is 13.5. The van der Waals surface area contributed by atoms with Crippen LogP contribution in [0, 0.1) is 0 Å². The summed E-state index contributed by atoms with van der Waals surface area (Å²) in [5, 5.41) is 0. The first-order valence-electron chi connectivity index (χ1n) is 8.11. The average Bonchev–Trinajstić information content (AvgIpc) is 2.55. The van der Waals surface area contributed by atoms with E-state index in [2.05, 4.69) is 22.9 Å². The van der Waals surface area contributed by atoms with Crippen LogP contribution in [-0.4, -0.2) is 14.2 Å². The summed E-state index contributed by atoms with van der Waals surface area (Å²) in [4.78, 5) is 0.425. The van der Waals surface area contributed by atoms with Gasteiger partial charge < -0.3 is 0 Å². The van der Waals surface area contributed by atoms with Crippen molar-refractivity contribution in [2.75, 3.05) is 5.75 Å². The summed E-state index contributed by atoms with van der Waals surface area (Å²) in [6, 6.07) is 15.2. The van der Waals surface area contributed by atoms with Crippen LogP contribution in [0.4, 0.5) is 0 Å². The third-order valence-corrected chi connectivity index (χ3v) is 6.25. The molecular weight excluding hydrogens is 372 g/mol. The summed E-state index contributed by atoms with van der Waals surface area (Å²) < 4.78 is 25.7. The van der Waals surface area contributed by atoms with Crippen LogP contribution in [0.1, 0.15) is 39.0 Å². The molecule has 0 amide bonds. The summed E-state index contributed by atoms with van der Waals surface area (Å²) in [6.07, 6.45) is 5.21. The highest BCUT2D eigenvalue weighted by Gasteiger charge is 2.13. The molecule has 124 valence electrons. The van der Waals surface area contributed by atoms with Crippen molar-refractivity contribution < 1.29 is 8.42 Å². The van der Waals surface area contributed by atoms with E-state index < -0.39 is 9.84 Å². The van der Waals surface area contributed by atoms with E-state index in [-0.39, 0.29) is 5.75 Å². The number of halogens is 1. The van der Waals surface area contributed by atoms with Crippen LogP contribution >= 0.6 is 15.9 Å². The fourth-order valence-corrected chi connectivity index (χ4v) is 4.15. The SMILES string of the molecule is CCCCCCCS(=O)(=O)c1ccc(-c2ccc(Br)cc2)cc1. The Hall–Kier alpha value is -1.13. The molecule has 4 heteroatoms. The first-order chi connectivity index (χ1) is 11.0. The number of hydrogen-bond donors (Lipinski definition) is 0. The molecule has 0 bridgehead atoms. The molecule has 0 fully saturated rings. The second-order valence-electron chi connectivity index (χ2n) is 5.76. The van der Waals surface area contributed by atoms with Crippen molar-refractivity contribution in [1.29, 1.82) is 0 Å². The molecule has 0 spiro atoms. The highest BCUT2D eigenvalue weighted by Crippen LogP contribution is 2.24. The lowest BCUT2D eigenvalue weighted by Crippen LogP contribution is -2.06. The Bertz CT molecular complexity index is 704. The maximum atomic E-state index is 12.4. The molecule has 0 aromatic heterocycles. The minimum Gasteiger partial charge on any atom is -0.224 e. The minimum atomic E-state index is -3.16. The largest absolute Gasteiger partial charge is 0.224 e. The Morgan fingerprint density at radius 3 is 1.87 bits per heavy atom. The van der Waals surface area contributed by atoms with Crippen LogP contribution in [0.5, 0.6) is 0 Å². The Kier molecular flexibility index (Phi) is 6.85. The topological polar surface area (TPSA) is 34.1 Å². The van der Waals surface area contributed by atoms with Gasteiger partial charge in [0.2, 0.25) is 0 Å². The van der Waals surface area contributed by atoms with E-state index in [9.17, 15) is 8.42 Å². The highest BCUT2D eigenvalue weighted by molar-refractivity contribution is 9.10. The predicted molar refractivity (Wildman–Crippen MR) is 100 cm³/mol. The Labute approximate surface area is 148 Å². The summed E-state index contributed by atoms with van der Waals surface area (Å²) in [7, 11) is -3.16. The van der Waals surface area contributed by atoms with Crippen molar-refractivity contribution in [3.05, 3.63) is 53.0 Å². The van der Waals surface area contributed by atoms with Gasteiger partial charge >= 0.3 is 0 Å². The third kappa shape index (κ3) is 5.47. The molecule has 0 atom stereocenters. The van der Waals surface area contributed by atoms with Gasteiger partial charge in [-0.2, -0.15) is 0 Å². The zero-order valence-corrected chi connectivity index (χ0v) is 15.9. The quantitative estimate of drug-likeness (QED) is 0.525. The molecule has 2 nitrogen and oxygen atoms in total. The van der Waals surface area contributed by atoms with Gasteiger partial charge in [0, 0.05) is 4.47 Å². The van der Waals surface area contributed by atoms with Crippen molar-refractivity contribution in [3.63, 3.8) is 0 Å². The molecule has 2 aromatic carbocycles. The number of sulfone groups is 1.